The highest BCUT2D eigenvalue weighted by molar-refractivity contribution is 5.75. The van der Waals surface area contributed by atoms with E-state index in [-0.39, 0.29) is 17.8 Å². The first-order chi connectivity index (χ1) is 10.2. The number of hydrogen-bond donors (Lipinski definition) is 1. The van der Waals surface area contributed by atoms with Gasteiger partial charge in [-0.05, 0) is 37.1 Å². The molecule has 1 heterocycles. The number of hydrogen-bond acceptors (Lipinski definition) is 4. The zero-order valence-corrected chi connectivity index (χ0v) is 11.8. The van der Waals surface area contributed by atoms with E-state index in [4.69, 9.17) is 14.2 Å². The van der Waals surface area contributed by atoms with Crippen LogP contribution in [0.2, 0.25) is 0 Å². The summed E-state index contributed by atoms with van der Waals surface area (Å²) in [4.78, 5) is 11.6. The molecule has 0 saturated carbocycles. The van der Waals surface area contributed by atoms with Crippen molar-refractivity contribution in [3.8, 4) is 5.75 Å². The Labute approximate surface area is 123 Å². The molecule has 0 aliphatic carbocycles. The normalized spacial score (nSPS) is 18.2. The van der Waals surface area contributed by atoms with Gasteiger partial charge in [-0.1, -0.05) is 0 Å². The highest BCUT2D eigenvalue weighted by Crippen LogP contribution is 2.11. The van der Waals surface area contributed by atoms with Gasteiger partial charge in [0.2, 0.25) is 5.91 Å². The van der Waals surface area contributed by atoms with Crippen LogP contribution in [-0.4, -0.2) is 38.6 Å². The van der Waals surface area contributed by atoms with Crippen molar-refractivity contribution >= 4 is 5.91 Å². The average Bonchev–Trinajstić information content (AvgIpc) is 2.52. The van der Waals surface area contributed by atoms with Gasteiger partial charge in [-0.2, -0.15) is 0 Å². The van der Waals surface area contributed by atoms with E-state index in [2.05, 4.69) is 5.32 Å². The fourth-order valence-corrected chi connectivity index (χ4v) is 1.93. The molecular formula is C15H20FNO4. The van der Waals surface area contributed by atoms with Crippen LogP contribution in [0.1, 0.15) is 19.3 Å². The van der Waals surface area contributed by atoms with Crippen LogP contribution in [0.25, 0.3) is 0 Å². The maximum absolute atomic E-state index is 12.7. The van der Waals surface area contributed by atoms with E-state index in [0.29, 0.717) is 45.1 Å². The Balaban J connectivity index is 1.53. The van der Waals surface area contributed by atoms with E-state index >= 15 is 0 Å². The summed E-state index contributed by atoms with van der Waals surface area (Å²) in [5, 5.41) is 2.83. The Hall–Kier alpha value is -1.66. The van der Waals surface area contributed by atoms with Crippen molar-refractivity contribution in [3.05, 3.63) is 30.1 Å². The minimum atomic E-state index is -0.294. The van der Waals surface area contributed by atoms with Crippen LogP contribution in [0.4, 0.5) is 4.39 Å². The zero-order valence-electron chi connectivity index (χ0n) is 11.8. The topological polar surface area (TPSA) is 56.8 Å². The monoisotopic (exact) mass is 297 g/mol. The van der Waals surface area contributed by atoms with E-state index < -0.39 is 0 Å². The van der Waals surface area contributed by atoms with Crippen LogP contribution in [0.15, 0.2) is 24.3 Å². The van der Waals surface area contributed by atoms with Gasteiger partial charge in [-0.15, -0.1) is 0 Å². The zero-order chi connectivity index (χ0) is 14.9. The van der Waals surface area contributed by atoms with Crippen LogP contribution in [0.5, 0.6) is 5.75 Å². The van der Waals surface area contributed by atoms with Crippen molar-refractivity contribution in [3.63, 3.8) is 0 Å². The predicted molar refractivity (Wildman–Crippen MR) is 74.4 cm³/mol. The number of halogens is 1. The second kappa shape index (κ2) is 8.59. The van der Waals surface area contributed by atoms with Crippen molar-refractivity contribution in [2.75, 3.05) is 26.6 Å². The molecule has 1 N–H and O–H groups in total. The third kappa shape index (κ3) is 6.10. The second-order valence-electron chi connectivity index (χ2n) is 4.81. The first kappa shape index (κ1) is 15.7. The first-order valence-electron chi connectivity index (χ1n) is 7.08. The second-order valence-corrected chi connectivity index (χ2v) is 4.81. The van der Waals surface area contributed by atoms with Gasteiger partial charge in [-0.25, -0.2) is 4.39 Å². The molecule has 0 aromatic heterocycles. The predicted octanol–water partition coefficient (Wildman–Crippen LogP) is 1.86. The molecule has 1 saturated heterocycles. The fraction of sp³-hybridized carbons (Fsp3) is 0.533. The average molecular weight is 297 g/mol. The molecule has 116 valence electrons. The van der Waals surface area contributed by atoms with Gasteiger partial charge in [0, 0.05) is 13.0 Å². The van der Waals surface area contributed by atoms with Crippen LogP contribution in [-0.2, 0) is 14.3 Å². The summed E-state index contributed by atoms with van der Waals surface area (Å²) in [6, 6.07) is 5.82. The van der Waals surface area contributed by atoms with Crippen LogP contribution < -0.4 is 10.1 Å². The lowest BCUT2D eigenvalue weighted by atomic mass is 10.2. The Bertz CT molecular complexity index is 432. The Morgan fingerprint density at radius 3 is 2.90 bits per heavy atom. The summed E-state index contributed by atoms with van der Waals surface area (Å²) < 4.78 is 28.5. The molecule has 21 heavy (non-hydrogen) atoms. The summed E-state index contributed by atoms with van der Waals surface area (Å²) in [5.74, 6) is 0.289. The van der Waals surface area contributed by atoms with Crippen LogP contribution >= 0.6 is 0 Å². The number of carbonyl (C=O) groups excluding carboxylic acids is 1. The van der Waals surface area contributed by atoms with Crippen molar-refractivity contribution < 1.29 is 23.4 Å². The molecule has 1 aliphatic heterocycles. The molecule has 5 nitrogen and oxygen atoms in total. The third-order valence-electron chi connectivity index (χ3n) is 3.13. The smallest absolute Gasteiger partial charge is 0.220 e. The molecule has 0 bridgehead atoms. The lowest BCUT2D eigenvalue weighted by molar-refractivity contribution is -0.141. The molecule has 1 amide bonds. The fourth-order valence-electron chi connectivity index (χ4n) is 1.93. The van der Waals surface area contributed by atoms with E-state index in [1.807, 2.05) is 0 Å². The molecule has 1 aliphatic rings. The van der Waals surface area contributed by atoms with Gasteiger partial charge in [0.25, 0.3) is 0 Å². The molecule has 1 aromatic carbocycles. The van der Waals surface area contributed by atoms with E-state index in [1.165, 1.54) is 12.1 Å². The van der Waals surface area contributed by atoms with E-state index in [0.717, 1.165) is 6.42 Å². The van der Waals surface area contributed by atoms with Crippen molar-refractivity contribution in [1.29, 1.82) is 0 Å². The largest absolute Gasteiger partial charge is 0.494 e. The first-order valence-corrected chi connectivity index (χ1v) is 7.08. The van der Waals surface area contributed by atoms with Gasteiger partial charge in [0.1, 0.15) is 18.4 Å². The number of rotatable bonds is 7. The van der Waals surface area contributed by atoms with Gasteiger partial charge >= 0.3 is 0 Å². The molecule has 0 spiro atoms. The number of amides is 1. The standard InChI is InChI=1S/C15H20FNO4/c16-12-3-5-13(6-4-12)20-8-1-2-15(18)17-10-14-7-9-19-11-21-14/h3-6,14H,1-2,7-11H2,(H,17,18)/t14-/m1/s1. The summed E-state index contributed by atoms with van der Waals surface area (Å²) in [6.45, 7) is 1.91. The van der Waals surface area contributed by atoms with Crippen molar-refractivity contribution in [1.82, 2.24) is 5.32 Å². The van der Waals surface area contributed by atoms with Crippen molar-refractivity contribution in [2.45, 2.75) is 25.4 Å². The SMILES string of the molecule is O=C(CCCOc1ccc(F)cc1)NC[C@H]1CCOCO1. The molecule has 2 rings (SSSR count). The van der Waals surface area contributed by atoms with Gasteiger partial charge in [0.15, 0.2) is 0 Å². The molecule has 1 fully saturated rings. The Morgan fingerprint density at radius 1 is 1.38 bits per heavy atom. The maximum Gasteiger partial charge on any atom is 0.220 e. The number of carbonyl (C=O) groups is 1. The highest BCUT2D eigenvalue weighted by Gasteiger charge is 2.14. The summed E-state index contributed by atoms with van der Waals surface area (Å²) in [7, 11) is 0. The summed E-state index contributed by atoms with van der Waals surface area (Å²) in [6.07, 6.45) is 1.84. The lowest BCUT2D eigenvalue weighted by Gasteiger charge is -2.22. The summed E-state index contributed by atoms with van der Waals surface area (Å²) in [5.41, 5.74) is 0. The molecule has 0 radical (unpaired) electrons. The summed E-state index contributed by atoms with van der Waals surface area (Å²) >= 11 is 0. The van der Waals surface area contributed by atoms with Gasteiger partial charge in [-0.3, -0.25) is 4.79 Å². The minimum absolute atomic E-state index is 0.0206. The number of ether oxygens (including phenoxy) is 3. The minimum Gasteiger partial charge on any atom is -0.494 e. The lowest BCUT2D eigenvalue weighted by Crippen LogP contribution is -2.37. The van der Waals surface area contributed by atoms with Crippen LogP contribution in [0, 0.1) is 5.82 Å². The third-order valence-corrected chi connectivity index (χ3v) is 3.13. The molecular weight excluding hydrogens is 277 g/mol. The number of benzene rings is 1. The van der Waals surface area contributed by atoms with Crippen molar-refractivity contribution in [2.24, 2.45) is 0 Å². The maximum atomic E-state index is 12.7. The molecule has 6 heteroatoms. The quantitative estimate of drug-likeness (QED) is 0.781. The van der Waals surface area contributed by atoms with Gasteiger partial charge < -0.3 is 19.5 Å². The molecule has 1 atom stereocenters. The Morgan fingerprint density at radius 2 is 2.19 bits per heavy atom. The highest BCUT2D eigenvalue weighted by atomic mass is 19.1. The molecule has 1 aromatic rings. The number of nitrogens with one attached hydrogen (secondary N) is 1. The van der Waals surface area contributed by atoms with Gasteiger partial charge in [0.05, 0.1) is 19.3 Å². The van der Waals surface area contributed by atoms with Crippen LogP contribution in [0.3, 0.4) is 0 Å². The molecule has 0 unspecified atom stereocenters. The Kier molecular flexibility index (Phi) is 6.43. The van der Waals surface area contributed by atoms with E-state index in [9.17, 15) is 9.18 Å². The van der Waals surface area contributed by atoms with E-state index in [1.54, 1.807) is 12.1 Å².